The molecule has 0 amide bonds. The average molecular weight is 462 g/mol. The molecule has 3 aromatic rings. The first-order valence-corrected chi connectivity index (χ1v) is 12.5. The van der Waals surface area contributed by atoms with Gasteiger partial charge < -0.3 is 9.47 Å². The highest BCUT2D eigenvalue weighted by Gasteiger charge is 2.21. The zero-order chi connectivity index (χ0) is 22.0. The summed E-state index contributed by atoms with van der Waals surface area (Å²) in [5.41, 5.74) is 2.70. The number of unbranched alkanes of at least 4 members (excludes halogenated alkanes) is 1. The van der Waals surface area contributed by atoms with Gasteiger partial charge in [-0.05, 0) is 36.8 Å². The van der Waals surface area contributed by atoms with Crippen molar-refractivity contribution in [3.63, 3.8) is 0 Å². The number of nitrogens with two attached hydrogens (primary N) is 1. The fourth-order valence-electron chi connectivity index (χ4n) is 4.08. The van der Waals surface area contributed by atoms with Crippen LogP contribution in [0.4, 0.5) is 5.69 Å². The van der Waals surface area contributed by atoms with Crippen LogP contribution in [-0.2, 0) is 23.1 Å². The molecule has 1 fully saturated rings. The van der Waals surface area contributed by atoms with E-state index in [0.717, 1.165) is 74.2 Å². The van der Waals surface area contributed by atoms with Crippen LogP contribution in [-0.4, -0.2) is 49.0 Å². The second-order valence-electron chi connectivity index (χ2n) is 7.94. The Kier molecular flexibility index (Phi) is 6.52. The first-order valence-electron chi connectivity index (χ1n) is 10.6. The van der Waals surface area contributed by atoms with Crippen LogP contribution in [0.2, 0.25) is 5.02 Å². The zero-order valence-corrected chi connectivity index (χ0v) is 19.2. The maximum atomic E-state index is 11.7. The molecule has 7 nitrogen and oxygen atoms in total. The quantitative estimate of drug-likeness (QED) is 0.582. The van der Waals surface area contributed by atoms with Gasteiger partial charge in [-0.3, -0.25) is 4.90 Å². The van der Waals surface area contributed by atoms with E-state index in [1.807, 2.05) is 24.3 Å². The van der Waals surface area contributed by atoms with E-state index in [4.69, 9.17) is 21.7 Å². The molecule has 2 N–H and O–H groups in total. The summed E-state index contributed by atoms with van der Waals surface area (Å²) >= 11 is 6.36. The van der Waals surface area contributed by atoms with Crippen LogP contribution in [0.15, 0.2) is 47.4 Å². The Balaban J connectivity index is 1.54. The molecule has 2 heterocycles. The van der Waals surface area contributed by atoms with Crippen molar-refractivity contribution in [2.75, 3.05) is 31.1 Å². The number of sulfonamides is 1. The van der Waals surface area contributed by atoms with Gasteiger partial charge >= 0.3 is 0 Å². The van der Waals surface area contributed by atoms with E-state index in [0.29, 0.717) is 5.52 Å². The topological polar surface area (TPSA) is 84.5 Å². The summed E-state index contributed by atoms with van der Waals surface area (Å²) in [4.78, 5) is 9.59. The Morgan fingerprint density at radius 1 is 1.10 bits per heavy atom. The Morgan fingerprint density at radius 3 is 2.52 bits per heavy atom. The number of primary sulfonamides is 1. The zero-order valence-electron chi connectivity index (χ0n) is 17.7. The number of piperazine rings is 1. The summed E-state index contributed by atoms with van der Waals surface area (Å²) in [6.07, 6.45) is 2.11. The number of benzene rings is 2. The number of hydrogen-bond donors (Lipinski definition) is 1. The molecule has 166 valence electrons. The van der Waals surface area contributed by atoms with E-state index in [1.54, 1.807) is 12.1 Å². The second kappa shape index (κ2) is 9.16. The highest BCUT2D eigenvalue weighted by Crippen LogP contribution is 2.27. The summed E-state index contributed by atoms with van der Waals surface area (Å²) in [5, 5.41) is 6.09. The van der Waals surface area contributed by atoms with Gasteiger partial charge in [-0.25, -0.2) is 18.5 Å². The monoisotopic (exact) mass is 461 g/mol. The molecule has 31 heavy (non-hydrogen) atoms. The molecule has 0 saturated carbocycles. The minimum Gasteiger partial charge on any atom is -0.368 e. The molecule has 1 aliphatic rings. The maximum absolute atomic E-state index is 11.7. The van der Waals surface area contributed by atoms with Crippen molar-refractivity contribution < 1.29 is 8.42 Å². The molecule has 0 aliphatic carbocycles. The molecule has 1 aliphatic heterocycles. The van der Waals surface area contributed by atoms with Crippen LogP contribution in [0, 0.1) is 0 Å². The van der Waals surface area contributed by atoms with E-state index >= 15 is 0 Å². The van der Waals surface area contributed by atoms with E-state index in [2.05, 4.69) is 27.4 Å². The number of rotatable bonds is 7. The summed E-state index contributed by atoms with van der Waals surface area (Å²) in [6.45, 7) is 7.35. The third-order valence-electron chi connectivity index (χ3n) is 5.79. The average Bonchev–Trinajstić information content (AvgIpc) is 3.09. The maximum Gasteiger partial charge on any atom is 0.238 e. The largest absolute Gasteiger partial charge is 0.368 e. The Hall–Kier alpha value is -2.13. The SMILES string of the molecule is CCCCn1c(CN2CCN(c3ccccc3Cl)CC2)nc2cc(S(N)(=O)=O)ccc21. The number of nitrogens with zero attached hydrogens (tertiary/aromatic N) is 4. The molecular formula is C22H28ClN5O2S. The van der Waals surface area contributed by atoms with Crippen molar-refractivity contribution in [3.8, 4) is 0 Å². The standard InChI is InChI=1S/C22H28ClN5O2S/c1-2-3-10-28-21-9-8-17(31(24,29)30)15-19(21)25-22(28)16-26-11-13-27(14-12-26)20-7-5-4-6-18(20)23/h4-9,15H,2-3,10-14,16H2,1H3,(H2,24,29,30). The van der Waals surface area contributed by atoms with Gasteiger partial charge in [0, 0.05) is 32.7 Å². The fourth-order valence-corrected chi connectivity index (χ4v) is 4.87. The highest BCUT2D eigenvalue weighted by molar-refractivity contribution is 7.89. The number of imidazole rings is 1. The first-order chi connectivity index (χ1) is 14.9. The number of aromatic nitrogens is 2. The van der Waals surface area contributed by atoms with Crippen LogP contribution in [0.5, 0.6) is 0 Å². The number of halogens is 1. The molecule has 4 rings (SSSR count). The van der Waals surface area contributed by atoms with Crippen molar-refractivity contribution in [1.82, 2.24) is 14.5 Å². The highest BCUT2D eigenvalue weighted by atomic mass is 35.5. The molecule has 2 aromatic carbocycles. The minimum absolute atomic E-state index is 0.0973. The number of aryl methyl sites for hydroxylation is 1. The van der Waals surface area contributed by atoms with E-state index in [-0.39, 0.29) is 4.90 Å². The lowest BCUT2D eigenvalue weighted by atomic mass is 10.2. The second-order valence-corrected chi connectivity index (χ2v) is 9.91. The van der Waals surface area contributed by atoms with Crippen LogP contribution < -0.4 is 10.0 Å². The van der Waals surface area contributed by atoms with E-state index in [9.17, 15) is 8.42 Å². The molecule has 9 heteroatoms. The van der Waals surface area contributed by atoms with Gasteiger partial charge in [0.05, 0.1) is 33.2 Å². The van der Waals surface area contributed by atoms with Gasteiger partial charge in [0.25, 0.3) is 0 Å². The lowest BCUT2D eigenvalue weighted by Gasteiger charge is -2.36. The van der Waals surface area contributed by atoms with Crippen molar-refractivity contribution in [1.29, 1.82) is 0 Å². The van der Waals surface area contributed by atoms with Gasteiger partial charge in [0.1, 0.15) is 5.82 Å². The smallest absolute Gasteiger partial charge is 0.238 e. The number of fused-ring (bicyclic) bond motifs is 1. The number of para-hydroxylation sites is 1. The first kappa shape index (κ1) is 22.1. The normalized spacial score (nSPS) is 15.6. The van der Waals surface area contributed by atoms with E-state index < -0.39 is 10.0 Å². The molecular weight excluding hydrogens is 434 g/mol. The van der Waals surface area contributed by atoms with Crippen LogP contribution in [0.3, 0.4) is 0 Å². The summed E-state index contributed by atoms with van der Waals surface area (Å²) in [6, 6.07) is 12.9. The molecule has 1 aromatic heterocycles. The fraction of sp³-hybridized carbons (Fsp3) is 0.409. The third-order valence-corrected chi connectivity index (χ3v) is 7.02. The molecule has 0 unspecified atom stereocenters. The van der Waals surface area contributed by atoms with Crippen molar-refractivity contribution >= 4 is 38.3 Å². The number of anilines is 1. The third kappa shape index (κ3) is 4.87. The predicted molar refractivity (Wildman–Crippen MR) is 125 cm³/mol. The molecule has 0 radical (unpaired) electrons. The summed E-state index contributed by atoms with van der Waals surface area (Å²) in [5.74, 6) is 0.959. The lowest BCUT2D eigenvalue weighted by molar-refractivity contribution is 0.241. The van der Waals surface area contributed by atoms with Crippen molar-refractivity contribution in [2.45, 2.75) is 37.8 Å². The molecule has 0 bridgehead atoms. The van der Waals surface area contributed by atoms with Gasteiger partial charge in [-0.1, -0.05) is 37.1 Å². The van der Waals surface area contributed by atoms with Gasteiger partial charge in [-0.2, -0.15) is 0 Å². The summed E-state index contributed by atoms with van der Waals surface area (Å²) < 4.78 is 25.7. The van der Waals surface area contributed by atoms with E-state index in [1.165, 1.54) is 0 Å². The van der Waals surface area contributed by atoms with Gasteiger partial charge in [-0.15, -0.1) is 0 Å². The Morgan fingerprint density at radius 2 is 1.84 bits per heavy atom. The minimum atomic E-state index is -3.75. The molecule has 0 spiro atoms. The van der Waals surface area contributed by atoms with Gasteiger partial charge in [0.2, 0.25) is 10.0 Å². The van der Waals surface area contributed by atoms with Crippen molar-refractivity contribution in [2.24, 2.45) is 5.14 Å². The lowest BCUT2D eigenvalue weighted by Crippen LogP contribution is -2.46. The Labute approximate surface area is 188 Å². The summed E-state index contributed by atoms with van der Waals surface area (Å²) in [7, 11) is -3.75. The molecule has 0 atom stereocenters. The van der Waals surface area contributed by atoms with Crippen LogP contribution >= 0.6 is 11.6 Å². The van der Waals surface area contributed by atoms with Crippen LogP contribution in [0.1, 0.15) is 25.6 Å². The Bertz CT molecular complexity index is 1170. The predicted octanol–water partition coefficient (Wildman–Crippen LogP) is 3.46. The molecule has 1 saturated heterocycles. The van der Waals surface area contributed by atoms with Crippen LogP contribution in [0.25, 0.3) is 11.0 Å². The number of hydrogen-bond acceptors (Lipinski definition) is 5. The van der Waals surface area contributed by atoms with Crippen molar-refractivity contribution in [3.05, 3.63) is 53.3 Å². The van der Waals surface area contributed by atoms with Gasteiger partial charge in [0.15, 0.2) is 0 Å².